The minimum Gasteiger partial charge on any atom is -0.389 e. The molecule has 110 valence electrons. The first-order chi connectivity index (χ1) is 9.90. The molecule has 0 atom stereocenters. The van der Waals surface area contributed by atoms with E-state index >= 15 is 0 Å². The van der Waals surface area contributed by atoms with Gasteiger partial charge in [0.25, 0.3) is 5.91 Å². The summed E-state index contributed by atoms with van der Waals surface area (Å²) in [6.07, 6.45) is 0. The molecular weight excluding hydrogens is 292 g/mol. The van der Waals surface area contributed by atoms with Crippen LogP contribution in [0.2, 0.25) is 0 Å². The first kappa shape index (κ1) is 14.9. The van der Waals surface area contributed by atoms with Crippen molar-refractivity contribution in [3.05, 3.63) is 29.8 Å². The normalized spacial score (nSPS) is 14.5. The number of carbonyl (C=O) groups excluding carboxylic acids is 3. The highest BCUT2D eigenvalue weighted by molar-refractivity contribution is 7.80. The molecule has 8 heteroatoms. The molecular formula is C13H14N4O3S. The van der Waals surface area contributed by atoms with Crippen LogP contribution in [0.5, 0.6) is 0 Å². The number of nitrogens with two attached hydrogens (primary N) is 1. The number of nitrogens with one attached hydrogen (secondary N) is 1. The molecule has 1 aromatic carbocycles. The molecule has 1 heterocycles. The third kappa shape index (κ3) is 3.16. The van der Waals surface area contributed by atoms with E-state index in [2.05, 4.69) is 5.32 Å². The quantitative estimate of drug-likeness (QED) is 0.610. The van der Waals surface area contributed by atoms with Gasteiger partial charge >= 0.3 is 6.03 Å². The minimum atomic E-state index is -0.490. The summed E-state index contributed by atoms with van der Waals surface area (Å²) in [5.41, 5.74) is 6.54. The first-order valence-electron chi connectivity index (χ1n) is 6.14. The molecule has 0 bridgehead atoms. The molecule has 3 N–H and O–H groups in total. The van der Waals surface area contributed by atoms with Crippen LogP contribution in [-0.4, -0.2) is 52.8 Å². The Hall–Kier alpha value is -2.48. The largest absolute Gasteiger partial charge is 0.389 e. The molecule has 1 aliphatic heterocycles. The van der Waals surface area contributed by atoms with Crippen molar-refractivity contribution >= 4 is 40.7 Å². The van der Waals surface area contributed by atoms with Gasteiger partial charge in [-0.05, 0) is 12.1 Å². The maximum absolute atomic E-state index is 12.0. The topological polar surface area (TPSA) is 95.7 Å². The standard InChI is InChI=1S/C13H14N4O3S/c1-16-7-11(19)17(13(16)20)6-10(18)15-9-5-3-2-4-8(9)12(14)21/h2-5H,6-7H2,1H3,(H2,14,21)(H,15,18). The van der Waals surface area contributed by atoms with Crippen LogP contribution in [0, 0.1) is 0 Å². The van der Waals surface area contributed by atoms with Crippen molar-refractivity contribution in [2.75, 3.05) is 25.5 Å². The van der Waals surface area contributed by atoms with Crippen LogP contribution in [0.25, 0.3) is 0 Å². The summed E-state index contributed by atoms with van der Waals surface area (Å²) in [6.45, 7) is -0.358. The van der Waals surface area contributed by atoms with E-state index < -0.39 is 17.8 Å². The van der Waals surface area contributed by atoms with Gasteiger partial charge in [0.2, 0.25) is 5.91 Å². The van der Waals surface area contributed by atoms with Crippen molar-refractivity contribution in [2.45, 2.75) is 0 Å². The van der Waals surface area contributed by atoms with Crippen LogP contribution in [0.3, 0.4) is 0 Å². The van der Waals surface area contributed by atoms with Crippen LogP contribution < -0.4 is 11.1 Å². The zero-order valence-electron chi connectivity index (χ0n) is 11.3. The second kappa shape index (κ2) is 5.88. The van der Waals surface area contributed by atoms with Gasteiger partial charge in [-0.2, -0.15) is 0 Å². The lowest BCUT2D eigenvalue weighted by molar-refractivity contribution is -0.129. The molecule has 0 aliphatic carbocycles. The van der Waals surface area contributed by atoms with Crippen LogP contribution in [0.1, 0.15) is 5.56 Å². The number of rotatable bonds is 4. The number of imide groups is 1. The summed E-state index contributed by atoms with van der Waals surface area (Å²) in [5, 5.41) is 2.60. The third-order valence-corrected chi connectivity index (χ3v) is 3.22. The van der Waals surface area contributed by atoms with Gasteiger partial charge in [0, 0.05) is 12.6 Å². The third-order valence-electron chi connectivity index (χ3n) is 3.00. The van der Waals surface area contributed by atoms with Gasteiger partial charge < -0.3 is 16.0 Å². The molecule has 0 spiro atoms. The van der Waals surface area contributed by atoms with Gasteiger partial charge in [-0.3, -0.25) is 14.5 Å². The summed E-state index contributed by atoms with van der Waals surface area (Å²) in [5.74, 6) is -0.893. The van der Waals surface area contributed by atoms with Crippen molar-refractivity contribution in [1.29, 1.82) is 0 Å². The van der Waals surface area contributed by atoms with E-state index in [-0.39, 0.29) is 18.1 Å². The van der Waals surface area contributed by atoms with Crippen molar-refractivity contribution in [1.82, 2.24) is 9.80 Å². The van der Waals surface area contributed by atoms with Crippen molar-refractivity contribution in [3.8, 4) is 0 Å². The molecule has 0 unspecified atom stereocenters. The molecule has 0 radical (unpaired) electrons. The fourth-order valence-corrected chi connectivity index (χ4v) is 2.14. The Kier molecular flexibility index (Phi) is 4.18. The maximum atomic E-state index is 12.0. The number of nitrogens with zero attached hydrogens (tertiary/aromatic N) is 2. The highest BCUT2D eigenvalue weighted by atomic mass is 32.1. The number of urea groups is 1. The Morgan fingerprint density at radius 1 is 1.38 bits per heavy atom. The number of hydrogen-bond donors (Lipinski definition) is 2. The second-order valence-electron chi connectivity index (χ2n) is 4.58. The number of carbonyl (C=O) groups is 3. The predicted octanol–water partition coefficient (Wildman–Crippen LogP) is 0.153. The zero-order chi connectivity index (χ0) is 15.6. The molecule has 21 heavy (non-hydrogen) atoms. The number of anilines is 1. The van der Waals surface area contributed by atoms with E-state index in [1.54, 1.807) is 24.3 Å². The van der Waals surface area contributed by atoms with Crippen molar-refractivity contribution in [2.24, 2.45) is 5.73 Å². The Balaban J connectivity index is 2.08. The van der Waals surface area contributed by atoms with E-state index in [1.165, 1.54) is 11.9 Å². The van der Waals surface area contributed by atoms with E-state index in [9.17, 15) is 14.4 Å². The lowest BCUT2D eigenvalue weighted by Gasteiger charge is -2.15. The molecule has 1 fully saturated rings. The summed E-state index contributed by atoms with van der Waals surface area (Å²) >= 11 is 4.90. The number of amides is 4. The van der Waals surface area contributed by atoms with Gasteiger partial charge in [-0.25, -0.2) is 4.79 Å². The Labute approximate surface area is 126 Å². The molecule has 4 amide bonds. The number of hydrogen-bond acceptors (Lipinski definition) is 4. The SMILES string of the molecule is CN1CC(=O)N(CC(=O)Nc2ccccc2C(N)=S)C1=O. The number of likely N-dealkylation sites (N-methyl/N-ethyl adjacent to an activating group) is 1. The Bertz CT molecular complexity index is 632. The second-order valence-corrected chi connectivity index (χ2v) is 5.02. The van der Waals surface area contributed by atoms with E-state index in [4.69, 9.17) is 18.0 Å². The smallest absolute Gasteiger partial charge is 0.327 e. The average molecular weight is 306 g/mol. The highest BCUT2D eigenvalue weighted by Gasteiger charge is 2.34. The summed E-state index contributed by atoms with van der Waals surface area (Å²) in [6, 6.07) is 6.30. The lowest BCUT2D eigenvalue weighted by atomic mass is 10.2. The van der Waals surface area contributed by atoms with Crippen LogP contribution in [0.15, 0.2) is 24.3 Å². The molecule has 0 aromatic heterocycles. The summed E-state index contributed by atoms with van der Waals surface area (Å²) < 4.78 is 0. The number of para-hydroxylation sites is 1. The molecule has 2 rings (SSSR count). The molecule has 1 aromatic rings. The fraction of sp³-hybridized carbons (Fsp3) is 0.231. The van der Waals surface area contributed by atoms with Gasteiger partial charge in [0.05, 0.1) is 5.69 Å². The number of thiocarbonyl (C=S) groups is 1. The van der Waals surface area contributed by atoms with E-state index in [0.29, 0.717) is 11.3 Å². The zero-order valence-corrected chi connectivity index (χ0v) is 12.1. The van der Waals surface area contributed by atoms with Gasteiger partial charge in [-0.1, -0.05) is 24.4 Å². The molecule has 1 aliphatic rings. The molecule has 7 nitrogen and oxygen atoms in total. The first-order valence-corrected chi connectivity index (χ1v) is 6.55. The highest BCUT2D eigenvalue weighted by Crippen LogP contribution is 2.15. The van der Waals surface area contributed by atoms with Crippen molar-refractivity contribution < 1.29 is 14.4 Å². The number of benzene rings is 1. The molecule has 0 saturated carbocycles. The lowest BCUT2D eigenvalue weighted by Crippen LogP contribution is -2.38. The monoisotopic (exact) mass is 306 g/mol. The summed E-state index contributed by atoms with van der Waals surface area (Å²) in [7, 11) is 1.50. The molecule has 1 saturated heterocycles. The predicted molar refractivity (Wildman–Crippen MR) is 80.7 cm³/mol. The van der Waals surface area contributed by atoms with Crippen molar-refractivity contribution in [3.63, 3.8) is 0 Å². The van der Waals surface area contributed by atoms with Gasteiger partial charge in [0.1, 0.15) is 18.1 Å². The van der Waals surface area contributed by atoms with Crippen LogP contribution in [-0.2, 0) is 9.59 Å². The van der Waals surface area contributed by atoms with Gasteiger partial charge in [-0.15, -0.1) is 0 Å². The van der Waals surface area contributed by atoms with E-state index in [1.807, 2.05) is 0 Å². The van der Waals surface area contributed by atoms with E-state index in [0.717, 1.165) is 4.90 Å². The van der Waals surface area contributed by atoms with Crippen LogP contribution in [0.4, 0.5) is 10.5 Å². The average Bonchev–Trinajstić information content (AvgIpc) is 2.66. The summed E-state index contributed by atoms with van der Waals surface area (Å²) in [4.78, 5) is 37.6. The maximum Gasteiger partial charge on any atom is 0.327 e. The van der Waals surface area contributed by atoms with Crippen LogP contribution >= 0.6 is 12.2 Å². The Morgan fingerprint density at radius 3 is 2.62 bits per heavy atom. The fourth-order valence-electron chi connectivity index (χ4n) is 1.96. The minimum absolute atomic E-state index is 0.0183. The van der Waals surface area contributed by atoms with Gasteiger partial charge in [0.15, 0.2) is 0 Å². The Morgan fingerprint density at radius 2 is 2.05 bits per heavy atom.